The third kappa shape index (κ3) is 6.39. The third-order valence-corrected chi connectivity index (χ3v) is 6.69. The quantitative estimate of drug-likeness (QED) is 0.182. The fourth-order valence-corrected chi connectivity index (χ4v) is 5.02. The highest BCUT2D eigenvalue weighted by Crippen LogP contribution is 2.45. The van der Waals surface area contributed by atoms with Gasteiger partial charge in [-0.05, 0) is 42.7 Å². The Hall–Kier alpha value is -2.83. The van der Waals surface area contributed by atoms with Gasteiger partial charge in [-0.3, -0.25) is 10.0 Å². The number of rotatable bonds is 4. The molecule has 2 fully saturated rings. The Morgan fingerprint density at radius 3 is 2.35 bits per heavy atom. The highest BCUT2D eigenvalue weighted by atomic mass is 32.2. The first-order valence-electron chi connectivity index (χ1n) is 13.5. The van der Waals surface area contributed by atoms with Gasteiger partial charge in [-0.15, -0.1) is 0 Å². The standard InChI is InChI=1S/C24H23F4N3O2.2C2H6.H3NOS/c1-3-5-14-10-15(20-16(25)6-4-7-17(20)26)21-18(11-14)33-29-22(21)30-9-8-19-24(27,28)13(2)12-31(19)23(30)32;2*1-2;1-3-2/h4,6-7,10-11,13,19H,3,5,8-9,12H2,1-2H3;2*1-2H3;2H,1H2/t13?,19-;;;/m1.../s1. The molecule has 1 unspecified atom stereocenters. The number of hydrogen-bond acceptors (Lipinski definition) is 6. The average molecular weight is 587 g/mol. The minimum Gasteiger partial charge on any atom is -0.354 e. The van der Waals surface area contributed by atoms with Crippen LogP contribution in [-0.4, -0.2) is 45.7 Å². The second kappa shape index (κ2) is 14.7. The molecule has 5 rings (SSSR count). The molecule has 2 amide bonds. The van der Waals surface area contributed by atoms with Crippen molar-refractivity contribution >= 4 is 35.0 Å². The van der Waals surface area contributed by atoms with Crippen molar-refractivity contribution in [2.75, 3.05) is 18.0 Å². The van der Waals surface area contributed by atoms with Crippen LogP contribution in [0.1, 0.15) is 59.9 Å². The topological polar surface area (TPSA) is 95.8 Å². The zero-order valence-corrected chi connectivity index (χ0v) is 24.5. The largest absolute Gasteiger partial charge is 0.354 e. The summed E-state index contributed by atoms with van der Waals surface area (Å²) in [5.74, 6) is -5.35. The van der Waals surface area contributed by atoms with Gasteiger partial charge in [-0.2, -0.15) is 0 Å². The summed E-state index contributed by atoms with van der Waals surface area (Å²) in [4.78, 5) is 15.7. The fourth-order valence-electron chi connectivity index (χ4n) is 5.02. The molecule has 0 radical (unpaired) electrons. The summed E-state index contributed by atoms with van der Waals surface area (Å²) in [6, 6.07) is 5.23. The van der Waals surface area contributed by atoms with Gasteiger partial charge in [-0.25, -0.2) is 22.4 Å². The number of nitrogens with zero attached hydrogens (tertiary/aromatic N) is 3. The third-order valence-electron chi connectivity index (χ3n) is 6.69. The van der Waals surface area contributed by atoms with Crippen LogP contribution in [0.2, 0.25) is 0 Å². The first-order valence-corrected chi connectivity index (χ1v) is 14.3. The summed E-state index contributed by atoms with van der Waals surface area (Å²) in [6.45, 7) is 11.3. The Morgan fingerprint density at radius 1 is 1.18 bits per heavy atom. The molecule has 1 aromatic heterocycles. The molecule has 2 aliphatic rings. The lowest BCUT2D eigenvalue weighted by molar-refractivity contribution is -0.0585. The predicted molar refractivity (Wildman–Crippen MR) is 152 cm³/mol. The van der Waals surface area contributed by atoms with Gasteiger partial charge in [0.05, 0.1) is 29.2 Å². The average Bonchev–Trinajstić information content (AvgIpc) is 3.46. The Morgan fingerprint density at radius 2 is 1.77 bits per heavy atom. The second-order valence-electron chi connectivity index (χ2n) is 8.94. The summed E-state index contributed by atoms with van der Waals surface area (Å²) in [7, 11) is 0. The van der Waals surface area contributed by atoms with Crippen LogP contribution in [0.3, 0.4) is 0 Å². The van der Waals surface area contributed by atoms with E-state index in [1.165, 1.54) is 22.8 Å². The Labute approximate surface area is 237 Å². The van der Waals surface area contributed by atoms with Crippen LogP contribution in [0, 0.1) is 17.6 Å². The van der Waals surface area contributed by atoms with Crippen molar-refractivity contribution < 1.29 is 31.4 Å². The van der Waals surface area contributed by atoms with Crippen molar-refractivity contribution in [1.29, 1.82) is 0 Å². The number of aromatic nitrogens is 1. The number of carbonyl (C=O) groups is 1. The Bertz CT molecular complexity index is 1250. The van der Waals surface area contributed by atoms with Crippen LogP contribution in [0.4, 0.5) is 28.2 Å². The van der Waals surface area contributed by atoms with Crippen LogP contribution in [0.25, 0.3) is 22.1 Å². The van der Waals surface area contributed by atoms with Gasteiger partial charge in [0.1, 0.15) is 11.6 Å². The molecule has 222 valence electrons. The molecule has 3 heterocycles. The molecule has 0 saturated carbocycles. The molecule has 2 saturated heterocycles. The molecule has 2 atom stereocenters. The van der Waals surface area contributed by atoms with E-state index in [0.29, 0.717) is 6.42 Å². The number of benzene rings is 2. The van der Waals surface area contributed by atoms with Crippen LogP contribution in [-0.2, 0) is 6.42 Å². The molecule has 7 nitrogen and oxygen atoms in total. The lowest BCUT2D eigenvalue weighted by Gasteiger charge is -2.37. The molecule has 3 N–H and O–H groups in total. The molecule has 0 spiro atoms. The number of amides is 2. The number of aryl methyl sites for hydroxylation is 1. The van der Waals surface area contributed by atoms with Gasteiger partial charge in [0.25, 0.3) is 5.92 Å². The number of alkyl halides is 2. The van der Waals surface area contributed by atoms with Crippen molar-refractivity contribution in [2.45, 2.75) is 72.8 Å². The second-order valence-corrected chi connectivity index (χ2v) is 9.15. The maximum absolute atomic E-state index is 14.8. The minimum absolute atomic E-state index is 0.000150. The van der Waals surface area contributed by atoms with Crippen LogP contribution in [0.5, 0.6) is 0 Å². The Balaban J connectivity index is 0.000000737. The van der Waals surface area contributed by atoms with Gasteiger partial charge in [-0.1, -0.05) is 59.2 Å². The van der Waals surface area contributed by atoms with E-state index < -0.39 is 35.5 Å². The lowest BCUT2D eigenvalue weighted by Crippen LogP contribution is -2.55. The summed E-state index contributed by atoms with van der Waals surface area (Å²) in [5.41, 5.74) is 1.07. The molecule has 40 heavy (non-hydrogen) atoms. The van der Waals surface area contributed by atoms with E-state index in [1.807, 2.05) is 34.6 Å². The summed E-state index contributed by atoms with van der Waals surface area (Å²) in [6.07, 6.45) is 1.51. The van der Waals surface area contributed by atoms with E-state index >= 15 is 0 Å². The van der Waals surface area contributed by atoms with Gasteiger partial charge < -0.3 is 14.0 Å². The van der Waals surface area contributed by atoms with Crippen LogP contribution < -0.4 is 10.0 Å². The van der Waals surface area contributed by atoms with Crippen molar-refractivity contribution in [3.63, 3.8) is 0 Å². The monoisotopic (exact) mass is 586 g/mol. The fraction of sp³-hybridized carbons (Fsp3) is 0.500. The van der Waals surface area contributed by atoms with Crippen molar-refractivity contribution in [2.24, 2.45) is 11.1 Å². The first-order chi connectivity index (χ1) is 19.1. The number of urea groups is 1. The number of hydrogen-bond donors (Lipinski definition) is 2. The van der Waals surface area contributed by atoms with Gasteiger partial charge in [0.15, 0.2) is 11.4 Å². The smallest absolute Gasteiger partial charge is 0.326 e. The van der Waals surface area contributed by atoms with E-state index in [9.17, 15) is 22.4 Å². The highest BCUT2D eigenvalue weighted by molar-refractivity contribution is 7.91. The number of halogens is 4. The maximum atomic E-state index is 14.8. The van der Waals surface area contributed by atoms with E-state index in [-0.39, 0.29) is 59.7 Å². The van der Waals surface area contributed by atoms with E-state index in [1.54, 1.807) is 12.1 Å². The summed E-state index contributed by atoms with van der Waals surface area (Å²) in [5, 5.41) is 8.66. The van der Waals surface area contributed by atoms with Crippen molar-refractivity contribution in [1.82, 2.24) is 10.1 Å². The summed E-state index contributed by atoms with van der Waals surface area (Å²) < 4.78 is 71.4. The summed E-state index contributed by atoms with van der Waals surface area (Å²) >= 11 is 0.250. The van der Waals surface area contributed by atoms with E-state index in [4.69, 9.17) is 9.08 Å². The van der Waals surface area contributed by atoms with Crippen molar-refractivity contribution in [3.8, 4) is 11.1 Å². The number of fused-ring (bicyclic) bond motifs is 2. The van der Waals surface area contributed by atoms with E-state index in [0.717, 1.165) is 24.1 Å². The highest BCUT2D eigenvalue weighted by Gasteiger charge is 2.58. The molecular weight excluding hydrogens is 548 g/mol. The van der Waals surface area contributed by atoms with Gasteiger partial charge in [0.2, 0.25) is 0 Å². The van der Waals surface area contributed by atoms with Crippen LogP contribution >= 0.6 is 12.2 Å². The SMILES string of the molecule is CC.CC.CCCc1cc(-c2c(F)cccc2F)c2c(N3CC[C@H]4N(CC(C)C4(F)F)C3=O)noc2c1.NSO. The minimum atomic E-state index is -2.97. The van der Waals surface area contributed by atoms with Gasteiger partial charge >= 0.3 is 6.03 Å². The van der Waals surface area contributed by atoms with Crippen LogP contribution in [0.15, 0.2) is 34.9 Å². The number of carbonyl (C=O) groups excluding carboxylic acids is 1. The molecule has 0 aliphatic carbocycles. The zero-order valence-electron chi connectivity index (χ0n) is 23.7. The molecule has 2 aromatic carbocycles. The van der Waals surface area contributed by atoms with Gasteiger partial charge in [0, 0.05) is 24.6 Å². The van der Waals surface area contributed by atoms with E-state index in [2.05, 4.69) is 10.3 Å². The predicted octanol–water partition coefficient (Wildman–Crippen LogP) is 8.13. The normalized spacial score (nSPS) is 19.1. The molecule has 2 aliphatic heterocycles. The first kappa shape index (κ1) is 33.4. The molecule has 0 bridgehead atoms. The molecule has 12 heteroatoms. The molecule has 3 aromatic rings. The lowest BCUT2D eigenvalue weighted by atomic mass is 9.95. The number of nitrogens with two attached hydrogens (primary N) is 1. The molecular formula is C28H38F4N4O3S. The number of anilines is 1. The zero-order chi connectivity index (χ0) is 30.2. The van der Waals surface area contributed by atoms with Crippen molar-refractivity contribution in [3.05, 3.63) is 47.5 Å². The maximum Gasteiger partial charge on any atom is 0.326 e. The Kier molecular flexibility index (Phi) is 12.3.